The van der Waals surface area contributed by atoms with Gasteiger partial charge in [-0.1, -0.05) is 36.4 Å². The molecule has 0 spiro atoms. The van der Waals surface area contributed by atoms with E-state index in [1.807, 2.05) is 30.3 Å². The van der Waals surface area contributed by atoms with Gasteiger partial charge in [-0.05, 0) is 42.3 Å². The Hall–Kier alpha value is -3.02. The molecule has 0 saturated heterocycles. The van der Waals surface area contributed by atoms with Crippen LogP contribution in [-0.2, 0) is 19.1 Å². The lowest BCUT2D eigenvalue weighted by atomic mass is 10.1. The Morgan fingerprint density at radius 3 is 2.41 bits per heavy atom. The summed E-state index contributed by atoms with van der Waals surface area (Å²) in [4.78, 5) is 14.4. The fraction of sp³-hybridized carbons (Fsp3) is 0.190. The van der Waals surface area contributed by atoms with Gasteiger partial charge in [0.05, 0.1) is 18.4 Å². The van der Waals surface area contributed by atoms with Gasteiger partial charge in [0.2, 0.25) is 0 Å². The molecule has 140 valence electrons. The number of furan rings is 1. The van der Waals surface area contributed by atoms with E-state index in [2.05, 4.69) is 0 Å². The second kappa shape index (κ2) is 8.12. The quantitative estimate of drug-likeness (QED) is 0.596. The fourth-order valence-corrected chi connectivity index (χ4v) is 2.76. The molecule has 0 N–H and O–H groups in total. The lowest BCUT2D eigenvalue weighted by Gasteiger charge is -2.22. The molecule has 0 radical (unpaired) electrons. The summed E-state index contributed by atoms with van der Waals surface area (Å²) in [6.45, 7) is 0.550. The zero-order chi connectivity index (χ0) is 19.3. The SMILES string of the molecule is O=C(c1cccc(C(F)(F)F)c1)N(CCc1ccccc1)Cc1ccco1. The van der Waals surface area contributed by atoms with Gasteiger partial charge >= 0.3 is 6.18 Å². The minimum atomic E-state index is -4.49. The van der Waals surface area contributed by atoms with E-state index >= 15 is 0 Å². The van der Waals surface area contributed by atoms with E-state index in [9.17, 15) is 18.0 Å². The molecule has 0 aliphatic carbocycles. The number of carbonyl (C=O) groups is 1. The predicted molar refractivity (Wildman–Crippen MR) is 95.0 cm³/mol. The molecule has 2 aromatic carbocycles. The van der Waals surface area contributed by atoms with Gasteiger partial charge in [-0.2, -0.15) is 13.2 Å². The molecule has 1 heterocycles. The van der Waals surface area contributed by atoms with Gasteiger partial charge in [-0.3, -0.25) is 4.79 Å². The molecular weight excluding hydrogens is 355 g/mol. The number of hydrogen-bond donors (Lipinski definition) is 0. The summed E-state index contributed by atoms with van der Waals surface area (Å²) >= 11 is 0. The zero-order valence-corrected chi connectivity index (χ0v) is 14.4. The van der Waals surface area contributed by atoms with Crippen molar-refractivity contribution in [3.05, 3.63) is 95.4 Å². The highest BCUT2D eigenvalue weighted by Gasteiger charge is 2.31. The smallest absolute Gasteiger partial charge is 0.416 e. The molecule has 0 unspecified atom stereocenters. The second-order valence-corrected chi connectivity index (χ2v) is 6.12. The number of rotatable bonds is 6. The normalized spacial score (nSPS) is 11.4. The summed E-state index contributed by atoms with van der Waals surface area (Å²) < 4.78 is 44.2. The first-order valence-corrected chi connectivity index (χ1v) is 8.46. The molecule has 6 heteroatoms. The second-order valence-electron chi connectivity index (χ2n) is 6.12. The highest BCUT2D eigenvalue weighted by Crippen LogP contribution is 2.30. The van der Waals surface area contributed by atoms with Gasteiger partial charge in [0.1, 0.15) is 5.76 Å². The van der Waals surface area contributed by atoms with Crippen LogP contribution >= 0.6 is 0 Å². The van der Waals surface area contributed by atoms with Crippen LogP contribution in [0.5, 0.6) is 0 Å². The Morgan fingerprint density at radius 2 is 1.74 bits per heavy atom. The largest absolute Gasteiger partial charge is 0.467 e. The molecule has 0 fully saturated rings. The van der Waals surface area contributed by atoms with Crippen LogP contribution in [0.25, 0.3) is 0 Å². The van der Waals surface area contributed by atoms with Crippen molar-refractivity contribution in [1.29, 1.82) is 0 Å². The van der Waals surface area contributed by atoms with Crippen LogP contribution in [0.2, 0.25) is 0 Å². The number of nitrogens with zero attached hydrogens (tertiary/aromatic N) is 1. The van der Waals surface area contributed by atoms with E-state index < -0.39 is 17.6 Å². The van der Waals surface area contributed by atoms with Gasteiger partial charge < -0.3 is 9.32 Å². The van der Waals surface area contributed by atoms with Crippen molar-refractivity contribution in [3.63, 3.8) is 0 Å². The highest BCUT2D eigenvalue weighted by molar-refractivity contribution is 5.94. The summed E-state index contributed by atoms with van der Waals surface area (Å²) in [5, 5.41) is 0. The molecule has 0 bridgehead atoms. The number of carbonyl (C=O) groups excluding carboxylic acids is 1. The first-order valence-electron chi connectivity index (χ1n) is 8.46. The number of hydrogen-bond acceptors (Lipinski definition) is 2. The summed E-state index contributed by atoms with van der Waals surface area (Å²) in [5.74, 6) is 0.108. The van der Waals surface area contributed by atoms with Crippen LogP contribution in [0.15, 0.2) is 77.4 Å². The molecular formula is C21H18F3NO2. The fourth-order valence-electron chi connectivity index (χ4n) is 2.76. The maximum absolute atomic E-state index is 13.0. The Balaban J connectivity index is 1.81. The van der Waals surface area contributed by atoms with E-state index in [1.54, 1.807) is 12.1 Å². The highest BCUT2D eigenvalue weighted by atomic mass is 19.4. The Kier molecular flexibility index (Phi) is 5.64. The molecule has 3 nitrogen and oxygen atoms in total. The van der Waals surface area contributed by atoms with E-state index in [0.29, 0.717) is 18.7 Å². The molecule has 3 aromatic rings. The Morgan fingerprint density at radius 1 is 0.963 bits per heavy atom. The van der Waals surface area contributed by atoms with Crippen LogP contribution in [0.4, 0.5) is 13.2 Å². The predicted octanol–water partition coefficient (Wildman–Crippen LogP) is 5.18. The van der Waals surface area contributed by atoms with Gasteiger partial charge in [-0.25, -0.2) is 0 Å². The minimum absolute atomic E-state index is 0.00411. The first kappa shape index (κ1) is 18.8. The molecule has 3 rings (SSSR count). The maximum atomic E-state index is 13.0. The van der Waals surface area contributed by atoms with E-state index in [1.165, 1.54) is 23.3 Å². The van der Waals surface area contributed by atoms with Gasteiger partial charge in [0.15, 0.2) is 0 Å². The van der Waals surface area contributed by atoms with Crippen molar-refractivity contribution in [3.8, 4) is 0 Å². The Labute approximate surface area is 155 Å². The van der Waals surface area contributed by atoms with Crippen LogP contribution < -0.4 is 0 Å². The van der Waals surface area contributed by atoms with Crippen molar-refractivity contribution < 1.29 is 22.4 Å². The first-order chi connectivity index (χ1) is 12.9. The number of alkyl halides is 3. The summed E-state index contributed by atoms with van der Waals surface area (Å²) in [6, 6.07) is 17.5. The van der Waals surface area contributed by atoms with Crippen molar-refractivity contribution >= 4 is 5.91 Å². The topological polar surface area (TPSA) is 33.5 Å². The zero-order valence-electron chi connectivity index (χ0n) is 14.4. The van der Waals surface area contributed by atoms with E-state index in [-0.39, 0.29) is 12.1 Å². The van der Waals surface area contributed by atoms with Crippen molar-refractivity contribution in [1.82, 2.24) is 4.90 Å². The summed E-state index contributed by atoms with van der Waals surface area (Å²) in [7, 11) is 0. The van der Waals surface area contributed by atoms with Gasteiger partial charge in [0, 0.05) is 12.1 Å². The van der Waals surface area contributed by atoms with Crippen LogP contribution in [-0.4, -0.2) is 17.4 Å². The third-order valence-corrected chi connectivity index (χ3v) is 4.16. The van der Waals surface area contributed by atoms with Gasteiger partial charge in [0.25, 0.3) is 5.91 Å². The maximum Gasteiger partial charge on any atom is 0.416 e. The third kappa shape index (κ3) is 5.00. The van der Waals surface area contributed by atoms with E-state index in [4.69, 9.17) is 4.42 Å². The average Bonchev–Trinajstić information content (AvgIpc) is 3.18. The lowest BCUT2D eigenvalue weighted by molar-refractivity contribution is -0.137. The van der Waals surface area contributed by atoms with Crippen molar-refractivity contribution in [2.45, 2.75) is 19.1 Å². The monoisotopic (exact) mass is 373 g/mol. The average molecular weight is 373 g/mol. The lowest BCUT2D eigenvalue weighted by Crippen LogP contribution is -2.32. The van der Waals surface area contributed by atoms with E-state index in [0.717, 1.165) is 17.7 Å². The Bertz CT molecular complexity index is 874. The van der Waals surface area contributed by atoms with Crippen LogP contribution in [0.1, 0.15) is 27.2 Å². The molecule has 0 saturated carbocycles. The minimum Gasteiger partial charge on any atom is -0.467 e. The number of benzene rings is 2. The standard InChI is InChI=1S/C21H18F3NO2/c22-21(23,24)18-9-4-8-17(14-18)20(26)25(15-19-10-5-13-27-19)12-11-16-6-2-1-3-7-16/h1-10,13-14H,11-12,15H2. The van der Waals surface area contributed by atoms with Crippen LogP contribution in [0, 0.1) is 0 Å². The molecule has 1 aromatic heterocycles. The van der Waals surface area contributed by atoms with Crippen molar-refractivity contribution in [2.75, 3.05) is 6.54 Å². The molecule has 0 aliphatic rings. The van der Waals surface area contributed by atoms with Crippen LogP contribution in [0.3, 0.4) is 0 Å². The van der Waals surface area contributed by atoms with Crippen molar-refractivity contribution in [2.24, 2.45) is 0 Å². The molecule has 27 heavy (non-hydrogen) atoms. The number of amides is 1. The third-order valence-electron chi connectivity index (χ3n) is 4.16. The van der Waals surface area contributed by atoms with Gasteiger partial charge in [-0.15, -0.1) is 0 Å². The molecule has 0 atom stereocenters. The summed E-state index contributed by atoms with van der Waals surface area (Å²) in [6.07, 6.45) is -2.40. The summed E-state index contributed by atoms with van der Waals surface area (Å²) in [5.41, 5.74) is 0.206. The molecule has 1 amide bonds. The number of halogens is 3. The molecule has 0 aliphatic heterocycles.